The molecule has 0 aromatic heterocycles. The van der Waals surface area contributed by atoms with Gasteiger partial charge < -0.3 is 14.0 Å². The number of alkyl halides is 6. The predicted octanol–water partition coefficient (Wildman–Crippen LogP) is 4.47. The number of hydrogen-bond donors (Lipinski definition) is 1. The van der Waals surface area contributed by atoms with E-state index in [0.29, 0.717) is 12.8 Å². The van der Waals surface area contributed by atoms with Crippen molar-refractivity contribution in [2.45, 2.75) is 76.6 Å². The van der Waals surface area contributed by atoms with Gasteiger partial charge in [0.05, 0.1) is 5.69 Å². The number of anilines is 1. The molecule has 1 saturated carbocycles. The third kappa shape index (κ3) is 6.00. The minimum Gasteiger partial charge on any atom is -0.460 e. The van der Waals surface area contributed by atoms with Gasteiger partial charge in [0.1, 0.15) is 6.10 Å². The molecule has 1 aliphatic carbocycles. The molecule has 1 fully saturated rings. The molecule has 3 rings (SSSR count). The fourth-order valence-corrected chi connectivity index (χ4v) is 6.68. The molecule has 1 aliphatic heterocycles. The van der Waals surface area contributed by atoms with E-state index in [4.69, 9.17) is 4.74 Å². The van der Waals surface area contributed by atoms with Crippen molar-refractivity contribution < 1.29 is 62.0 Å². The third-order valence-electron chi connectivity index (χ3n) is 7.22. The first-order valence-corrected chi connectivity index (χ1v) is 15.1. The van der Waals surface area contributed by atoms with Crippen molar-refractivity contribution in [1.29, 1.82) is 0 Å². The van der Waals surface area contributed by atoms with Gasteiger partial charge in [0, 0.05) is 17.7 Å². The number of ether oxygens (including phenoxy) is 1. The van der Waals surface area contributed by atoms with Gasteiger partial charge in [0.2, 0.25) is 0 Å². The highest BCUT2D eigenvalue weighted by Crippen LogP contribution is 2.47. The highest BCUT2D eigenvalue weighted by molar-refractivity contribution is 7.93. The number of carbonyl (C=O) groups is 1. The minimum absolute atomic E-state index is 0.0709. The summed E-state index contributed by atoms with van der Waals surface area (Å²) in [6.07, 6.45) is -1.79. The van der Waals surface area contributed by atoms with E-state index >= 15 is 0 Å². The minimum atomic E-state index is -6.46. The second kappa shape index (κ2) is 10.9. The van der Waals surface area contributed by atoms with E-state index in [1.165, 1.54) is 0 Å². The summed E-state index contributed by atoms with van der Waals surface area (Å²) < 4.78 is 137. The second-order valence-corrected chi connectivity index (χ2v) is 13.8. The van der Waals surface area contributed by atoms with Crippen LogP contribution in [0.1, 0.15) is 62.8 Å². The molecule has 40 heavy (non-hydrogen) atoms. The summed E-state index contributed by atoms with van der Waals surface area (Å²) >= 11 is 0. The zero-order chi connectivity index (χ0) is 30.6. The van der Waals surface area contributed by atoms with Crippen molar-refractivity contribution in [2.75, 3.05) is 10.8 Å². The van der Waals surface area contributed by atoms with E-state index in [1.807, 2.05) is 20.8 Å². The Kier molecular flexibility index (Phi) is 8.75. The number of aliphatic hydroxyl groups is 1. The lowest BCUT2D eigenvalue weighted by Crippen LogP contribution is -2.39. The lowest BCUT2D eigenvalue weighted by atomic mass is 9.75. The molecule has 1 heterocycles. The van der Waals surface area contributed by atoms with Crippen molar-refractivity contribution in [1.82, 2.24) is 0 Å². The molecule has 4 atom stereocenters. The van der Waals surface area contributed by atoms with E-state index in [0.717, 1.165) is 19.4 Å². The molecule has 17 heteroatoms. The first kappa shape index (κ1) is 32.2. The van der Waals surface area contributed by atoms with Crippen LogP contribution < -0.4 is 8.49 Å². The van der Waals surface area contributed by atoms with Gasteiger partial charge in [-0.1, -0.05) is 27.2 Å². The number of aliphatic hydroxyl groups excluding tert-OH is 1. The summed E-state index contributed by atoms with van der Waals surface area (Å²) in [5.74, 6) is -2.49. The van der Waals surface area contributed by atoms with Crippen molar-refractivity contribution in [3.05, 3.63) is 22.8 Å². The molecule has 228 valence electrons. The lowest BCUT2D eigenvalue weighted by molar-refractivity contribution is -0.166. The van der Waals surface area contributed by atoms with Gasteiger partial charge in [-0.05, 0) is 55.6 Å². The zero-order valence-corrected chi connectivity index (χ0v) is 23.5. The number of fused-ring (bicyclic) bond motifs is 1. The van der Waals surface area contributed by atoms with Crippen LogP contribution in [0, 0.1) is 24.7 Å². The van der Waals surface area contributed by atoms with Gasteiger partial charge in [0.25, 0.3) is 0 Å². The summed E-state index contributed by atoms with van der Waals surface area (Å²) in [5, 5.41) is 10.9. The number of carbonyl (C=O) groups excluding carboxylic acids is 1. The first-order valence-electron chi connectivity index (χ1n) is 12.2. The van der Waals surface area contributed by atoms with Gasteiger partial charge in [-0.15, -0.1) is 0 Å². The Hall–Kier alpha value is -2.27. The molecule has 1 N–H and O–H groups in total. The molecule has 0 saturated heterocycles. The van der Waals surface area contributed by atoms with Crippen LogP contribution >= 0.6 is 0 Å². The van der Waals surface area contributed by atoms with Gasteiger partial charge in [0.15, 0.2) is 11.9 Å². The maximum Gasteiger partial charge on any atom is 0.534 e. The van der Waals surface area contributed by atoms with Crippen LogP contribution in [-0.4, -0.2) is 51.6 Å². The molecule has 0 amide bonds. The van der Waals surface area contributed by atoms with Crippen LogP contribution in [0.5, 0.6) is 5.75 Å². The Balaban J connectivity index is 2.13. The zero-order valence-electron chi connectivity index (χ0n) is 21.8. The highest BCUT2D eigenvalue weighted by atomic mass is 32.2. The molecule has 0 radical (unpaired) electrons. The Labute approximate surface area is 227 Å². The van der Waals surface area contributed by atoms with Gasteiger partial charge >= 0.3 is 37.1 Å². The fourth-order valence-electron chi connectivity index (χ4n) is 5.17. The SMILES string of the molecule is Cc1cc2c(c(OS(=O)(=O)C(F)(F)F)c1[C@H](O)C(=O)O[C@@H]1C[C@H](C)CC[C@H]1C(C)C)CCN2S(=O)(=O)C(F)(F)F. The number of esters is 1. The van der Waals surface area contributed by atoms with Crippen LogP contribution in [-0.2, 0) is 36.1 Å². The number of aryl methyl sites for hydroxylation is 1. The van der Waals surface area contributed by atoms with Gasteiger partial charge in [-0.25, -0.2) is 4.79 Å². The van der Waals surface area contributed by atoms with Crippen molar-refractivity contribution in [2.24, 2.45) is 17.8 Å². The normalized spacial score (nSPS) is 23.2. The fraction of sp³-hybridized carbons (Fsp3) is 0.696. The standard InChI is InChI=1S/C23H29F6NO8S2/c1-11(2)14-6-5-12(3)9-17(14)37-21(32)19(31)18-13(4)10-16-15(20(18)38-40(35,36)23(27,28)29)7-8-30(16)39(33,34)22(24,25)26/h10-12,14,17,19,31H,5-9H2,1-4H3/t12-,14+,17-,19+/m1/s1. The Bertz CT molecular complexity index is 1360. The molecular formula is C23H29F6NO8S2. The maximum atomic E-state index is 13.3. The van der Waals surface area contributed by atoms with Crippen LogP contribution in [0.2, 0.25) is 0 Å². The molecule has 0 unspecified atom stereocenters. The Morgan fingerprint density at radius 2 is 1.68 bits per heavy atom. The summed E-state index contributed by atoms with van der Waals surface area (Å²) in [7, 11) is -12.5. The van der Waals surface area contributed by atoms with Crippen LogP contribution in [0.15, 0.2) is 6.07 Å². The summed E-state index contributed by atoms with van der Waals surface area (Å²) in [4.78, 5) is 13.1. The maximum absolute atomic E-state index is 13.3. The molecule has 0 spiro atoms. The number of halogens is 6. The third-order valence-corrected chi connectivity index (χ3v) is 9.72. The molecule has 9 nitrogen and oxygen atoms in total. The highest BCUT2D eigenvalue weighted by Gasteiger charge is 2.54. The smallest absolute Gasteiger partial charge is 0.460 e. The van der Waals surface area contributed by atoms with Gasteiger partial charge in [-0.3, -0.25) is 4.31 Å². The van der Waals surface area contributed by atoms with E-state index < -0.39 is 90.4 Å². The van der Waals surface area contributed by atoms with E-state index in [-0.39, 0.29) is 22.1 Å². The van der Waals surface area contributed by atoms with Crippen LogP contribution in [0.25, 0.3) is 0 Å². The number of rotatable bonds is 7. The quantitative estimate of drug-likeness (QED) is 0.204. The molecule has 0 bridgehead atoms. The molecule has 2 aliphatic rings. The van der Waals surface area contributed by atoms with Crippen LogP contribution in [0.3, 0.4) is 0 Å². The average Bonchev–Trinajstić information content (AvgIpc) is 3.21. The van der Waals surface area contributed by atoms with Crippen molar-refractivity contribution >= 4 is 31.8 Å². The lowest BCUT2D eigenvalue weighted by Gasteiger charge is -2.37. The van der Waals surface area contributed by atoms with E-state index in [9.17, 15) is 53.1 Å². The molecule has 1 aromatic rings. The molecule has 1 aromatic carbocycles. The summed E-state index contributed by atoms with van der Waals surface area (Å²) in [6.45, 7) is 5.84. The molecular weight excluding hydrogens is 596 g/mol. The number of benzene rings is 1. The monoisotopic (exact) mass is 625 g/mol. The van der Waals surface area contributed by atoms with E-state index in [2.05, 4.69) is 4.18 Å². The summed E-state index contributed by atoms with van der Waals surface area (Å²) in [5.41, 5.74) is -14.5. The Morgan fingerprint density at radius 3 is 2.20 bits per heavy atom. The number of sulfonamides is 1. The largest absolute Gasteiger partial charge is 0.534 e. The summed E-state index contributed by atoms with van der Waals surface area (Å²) in [6, 6.07) is 0.796. The van der Waals surface area contributed by atoms with Crippen molar-refractivity contribution in [3.63, 3.8) is 0 Å². The second-order valence-electron chi connectivity index (χ2n) is 10.4. The topological polar surface area (TPSA) is 127 Å². The van der Waals surface area contributed by atoms with Gasteiger partial charge in [-0.2, -0.15) is 43.2 Å². The van der Waals surface area contributed by atoms with E-state index in [1.54, 1.807) is 0 Å². The first-order chi connectivity index (χ1) is 18.1. The van der Waals surface area contributed by atoms with Crippen molar-refractivity contribution in [3.8, 4) is 5.75 Å². The number of nitrogens with zero attached hydrogens (tertiary/aromatic N) is 1. The number of hydrogen-bond acceptors (Lipinski definition) is 8. The predicted molar refractivity (Wildman–Crippen MR) is 129 cm³/mol. The van der Waals surface area contributed by atoms with Crippen LogP contribution in [0.4, 0.5) is 32.0 Å². The average molecular weight is 626 g/mol. The Morgan fingerprint density at radius 1 is 1.07 bits per heavy atom.